The van der Waals surface area contributed by atoms with Gasteiger partial charge in [0.05, 0.1) is 25.0 Å². The minimum atomic E-state index is -0.607. The highest BCUT2D eigenvalue weighted by molar-refractivity contribution is 7.08. The SMILES string of the molecule is CCOC(=O)CC(=O)Nc1cscc1C(=O)OC. The fourth-order valence-corrected chi connectivity index (χ4v) is 1.95. The van der Waals surface area contributed by atoms with Crippen molar-refractivity contribution < 1.29 is 23.9 Å². The van der Waals surface area contributed by atoms with Gasteiger partial charge in [0.2, 0.25) is 5.91 Å². The van der Waals surface area contributed by atoms with Gasteiger partial charge >= 0.3 is 11.9 Å². The maximum absolute atomic E-state index is 11.5. The molecule has 0 saturated carbocycles. The maximum Gasteiger partial charge on any atom is 0.340 e. The van der Waals surface area contributed by atoms with Crippen molar-refractivity contribution in [1.82, 2.24) is 0 Å². The van der Waals surface area contributed by atoms with Crippen molar-refractivity contribution in [2.75, 3.05) is 19.0 Å². The smallest absolute Gasteiger partial charge is 0.340 e. The Balaban J connectivity index is 2.62. The number of thiophene rings is 1. The molecule has 98 valence electrons. The summed E-state index contributed by atoms with van der Waals surface area (Å²) in [4.78, 5) is 33.9. The second kappa shape index (κ2) is 6.75. The van der Waals surface area contributed by atoms with Crippen LogP contribution in [0.4, 0.5) is 5.69 Å². The zero-order valence-corrected chi connectivity index (χ0v) is 10.8. The summed E-state index contributed by atoms with van der Waals surface area (Å²) in [6, 6.07) is 0. The molecule has 0 radical (unpaired) electrons. The minimum absolute atomic E-state index is 0.220. The molecule has 0 aliphatic heterocycles. The molecular weight excluding hydrogens is 258 g/mol. The van der Waals surface area contributed by atoms with E-state index in [9.17, 15) is 14.4 Å². The molecule has 0 spiro atoms. The first-order chi connectivity index (χ1) is 8.58. The lowest BCUT2D eigenvalue weighted by molar-refractivity contribution is -0.145. The Bertz CT molecular complexity index is 454. The third-order valence-corrected chi connectivity index (χ3v) is 2.70. The lowest BCUT2D eigenvalue weighted by atomic mass is 10.3. The number of ether oxygens (including phenoxy) is 2. The minimum Gasteiger partial charge on any atom is -0.466 e. The molecule has 0 aliphatic carbocycles. The molecule has 1 aromatic rings. The molecule has 6 nitrogen and oxygen atoms in total. The van der Waals surface area contributed by atoms with Crippen LogP contribution in [0.15, 0.2) is 10.8 Å². The van der Waals surface area contributed by atoms with Gasteiger partial charge in [0, 0.05) is 10.8 Å². The Morgan fingerprint density at radius 3 is 2.67 bits per heavy atom. The number of rotatable bonds is 5. The van der Waals surface area contributed by atoms with E-state index in [1.165, 1.54) is 18.4 Å². The first kappa shape index (κ1) is 14.2. The van der Waals surface area contributed by atoms with Gasteiger partial charge in [0.1, 0.15) is 6.42 Å². The summed E-state index contributed by atoms with van der Waals surface area (Å²) >= 11 is 1.25. The highest BCUT2D eigenvalue weighted by Gasteiger charge is 2.16. The molecule has 1 rings (SSSR count). The molecule has 1 N–H and O–H groups in total. The van der Waals surface area contributed by atoms with Crippen molar-refractivity contribution in [2.45, 2.75) is 13.3 Å². The first-order valence-corrected chi connectivity index (χ1v) is 6.12. The average Bonchev–Trinajstić information content (AvgIpc) is 2.76. The zero-order chi connectivity index (χ0) is 13.5. The van der Waals surface area contributed by atoms with E-state index >= 15 is 0 Å². The third kappa shape index (κ3) is 3.85. The fourth-order valence-electron chi connectivity index (χ4n) is 1.20. The predicted octanol–water partition coefficient (Wildman–Crippen LogP) is 1.43. The molecule has 0 saturated heterocycles. The van der Waals surface area contributed by atoms with E-state index in [2.05, 4.69) is 14.8 Å². The number of hydrogen-bond acceptors (Lipinski definition) is 6. The summed E-state index contributed by atoms with van der Waals surface area (Å²) in [5.41, 5.74) is 0.598. The Kier molecular flexibility index (Phi) is 5.31. The zero-order valence-electron chi connectivity index (χ0n) is 10.0. The van der Waals surface area contributed by atoms with Crippen LogP contribution >= 0.6 is 11.3 Å². The van der Waals surface area contributed by atoms with E-state index in [4.69, 9.17) is 0 Å². The van der Waals surface area contributed by atoms with Crippen LogP contribution in [0.1, 0.15) is 23.7 Å². The molecule has 1 heterocycles. The largest absolute Gasteiger partial charge is 0.466 e. The second-order valence-corrected chi connectivity index (χ2v) is 3.96. The maximum atomic E-state index is 11.5. The lowest BCUT2D eigenvalue weighted by Crippen LogP contribution is -2.19. The molecule has 1 aromatic heterocycles. The van der Waals surface area contributed by atoms with Crippen LogP contribution in [0, 0.1) is 0 Å². The number of amides is 1. The van der Waals surface area contributed by atoms with Crippen LogP contribution in [0.2, 0.25) is 0 Å². The summed E-state index contributed by atoms with van der Waals surface area (Å²) in [7, 11) is 1.25. The molecule has 0 unspecified atom stereocenters. The van der Waals surface area contributed by atoms with Crippen molar-refractivity contribution >= 4 is 34.9 Å². The third-order valence-electron chi connectivity index (χ3n) is 1.95. The van der Waals surface area contributed by atoms with Gasteiger partial charge in [0.25, 0.3) is 0 Å². The van der Waals surface area contributed by atoms with Crippen molar-refractivity contribution in [3.05, 3.63) is 16.3 Å². The normalized spacial score (nSPS) is 9.67. The lowest BCUT2D eigenvalue weighted by Gasteiger charge is -2.05. The Labute approximate surface area is 108 Å². The monoisotopic (exact) mass is 271 g/mol. The van der Waals surface area contributed by atoms with Gasteiger partial charge in [0.15, 0.2) is 0 Å². The molecular formula is C11H13NO5S. The van der Waals surface area contributed by atoms with E-state index in [-0.39, 0.29) is 18.6 Å². The quantitative estimate of drug-likeness (QED) is 0.647. The second-order valence-electron chi connectivity index (χ2n) is 3.22. The van der Waals surface area contributed by atoms with Gasteiger partial charge in [-0.1, -0.05) is 0 Å². The van der Waals surface area contributed by atoms with E-state index in [1.54, 1.807) is 17.7 Å². The molecule has 1 amide bonds. The number of nitrogens with one attached hydrogen (secondary N) is 1. The summed E-state index contributed by atoms with van der Waals surface area (Å²) in [5, 5.41) is 5.62. The van der Waals surface area contributed by atoms with Gasteiger partial charge in [-0.15, -0.1) is 11.3 Å². The molecule has 0 aliphatic rings. The van der Waals surface area contributed by atoms with Gasteiger partial charge in [-0.3, -0.25) is 9.59 Å². The van der Waals surface area contributed by atoms with Crippen molar-refractivity contribution in [2.24, 2.45) is 0 Å². The first-order valence-electron chi connectivity index (χ1n) is 5.18. The van der Waals surface area contributed by atoms with Gasteiger partial charge in [-0.05, 0) is 6.92 Å². The van der Waals surface area contributed by atoms with Crippen LogP contribution in [-0.2, 0) is 19.1 Å². The summed E-state index contributed by atoms with van der Waals surface area (Å²) in [6.07, 6.45) is -0.385. The summed E-state index contributed by atoms with van der Waals surface area (Å²) in [6.45, 7) is 1.88. The van der Waals surface area contributed by atoms with E-state index < -0.39 is 17.8 Å². The van der Waals surface area contributed by atoms with Gasteiger partial charge in [-0.25, -0.2) is 4.79 Å². The number of anilines is 1. The van der Waals surface area contributed by atoms with Crippen LogP contribution in [0.25, 0.3) is 0 Å². The average molecular weight is 271 g/mol. The molecule has 18 heavy (non-hydrogen) atoms. The molecule has 0 aromatic carbocycles. The van der Waals surface area contributed by atoms with E-state index in [1.807, 2.05) is 0 Å². The van der Waals surface area contributed by atoms with Crippen LogP contribution in [-0.4, -0.2) is 31.6 Å². The Morgan fingerprint density at radius 1 is 1.33 bits per heavy atom. The molecule has 0 bridgehead atoms. The van der Waals surface area contributed by atoms with E-state index in [0.29, 0.717) is 5.69 Å². The number of hydrogen-bond donors (Lipinski definition) is 1. The number of esters is 2. The van der Waals surface area contributed by atoms with Crippen molar-refractivity contribution in [3.8, 4) is 0 Å². The number of carbonyl (C=O) groups is 3. The predicted molar refractivity (Wildman–Crippen MR) is 65.5 cm³/mol. The number of carbonyl (C=O) groups excluding carboxylic acids is 3. The van der Waals surface area contributed by atoms with Gasteiger partial charge < -0.3 is 14.8 Å². The van der Waals surface area contributed by atoms with Crippen LogP contribution in [0.3, 0.4) is 0 Å². The fraction of sp³-hybridized carbons (Fsp3) is 0.364. The van der Waals surface area contributed by atoms with Crippen molar-refractivity contribution in [3.63, 3.8) is 0 Å². The van der Waals surface area contributed by atoms with Crippen LogP contribution < -0.4 is 5.32 Å². The summed E-state index contributed by atoms with van der Waals surface area (Å²) < 4.78 is 9.20. The standard InChI is InChI=1S/C11H13NO5S/c1-3-17-10(14)4-9(13)12-8-6-18-5-7(8)11(15)16-2/h5-6H,3-4H2,1-2H3,(H,12,13). The van der Waals surface area contributed by atoms with E-state index in [0.717, 1.165) is 0 Å². The van der Waals surface area contributed by atoms with Crippen LogP contribution in [0.5, 0.6) is 0 Å². The van der Waals surface area contributed by atoms with Crippen molar-refractivity contribution in [1.29, 1.82) is 0 Å². The Hall–Kier alpha value is -1.89. The molecule has 7 heteroatoms. The topological polar surface area (TPSA) is 81.7 Å². The van der Waals surface area contributed by atoms with Gasteiger partial charge in [-0.2, -0.15) is 0 Å². The Morgan fingerprint density at radius 2 is 2.06 bits per heavy atom. The number of methoxy groups -OCH3 is 1. The molecule has 0 atom stereocenters. The summed E-state index contributed by atoms with van der Waals surface area (Å²) in [5.74, 6) is -1.68. The molecule has 0 fully saturated rings. The highest BCUT2D eigenvalue weighted by Crippen LogP contribution is 2.21. The highest BCUT2D eigenvalue weighted by atomic mass is 32.1.